The van der Waals surface area contributed by atoms with Crippen LogP contribution in [0.2, 0.25) is 0 Å². The van der Waals surface area contributed by atoms with Crippen molar-refractivity contribution in [2.45, 2.75) is 110 Å². The van der Waals surface area contributed by atoms with Gasteiger partial charge in [-0.3, -0.25) is 4.79 Å². The Balaban J connectivity index is 1.34. The molecular weight excluding hydrogens is 344 g/mol. The van der Waals surface area contributed by atoms with Crippen molar-refractivity contribution in [2.24, 2.45) is 10.8 Å². The Morgan fingerprint density at radius 1 is 0.857 bits per heavy atom. The minimum atomic E-state index is -0.570. The maximum atomic E-state index is 11.3. The van der Waals surface area contributed by atoms with Crippen LogP contribution in [-0.2, 0) is 17.6 Å². The quantitative estimate of drug-likeness (QED) is 0.343. The van der Waals surface area contributed by atoms with Crippen LogP contribution >= 0.6 is 0 Å². The van der Waals surface area contributed by atoms with E-state index < -0.39 is 5.97 Å². The zero-order valence-corrected chi connectivity index (χ0v) is 18.2. The summed E-state index contributed by atoms with van der Waals surface area (Å²) in [6.07, 6.45) is 18.3. The van der Waals surface area contributed by atoms with Gasteiger partial charge in [0.2, 0.25) is 0 Å². The Morgan fingerprint density at radius 3 is 2.11 bits per heavy atom. The lowest BCUT2D eigenvalue weighted by atomic mass is 9.93. The molecule has 2 heteroatoms. The van der Waals surface area contributed by atoms with Crippen molar-refractivity contribution in [3.8, 4) is 0 Å². The summed E-state index contributed by atoms with van der Waals surface area (Å²) < 4.78 is 0. The third-order valence-electron chi connectivity index (χ3n) is 7.35. The number of carbonyl (C=O) groups is 1. The number of unbranched alkanes of at least 4 members (excludes halogenated alkanes) is 5. The van der Waals surface area contributed by atoms with Gasteiger partial charge in [-0.1, -0.05) is 62.8 Å². The highest BCUT2D eigenvalue weighted by atomic mass is 16.4. The van der Waals surface area contributed by atoms with Crippen LogP contribution in [0.5, 0.6) is 0 Å². The number of aliphatic carboxylic acids is 1. The Labute approximate surface area is 172 Å². The van der Waals surface area contributed by atoms with Gasteiger partial charge in [-0.15, -0.1) is 0 Å². The monoisotopic (exact) mass is 384 g/mol. The van der Waals surface area contributed by atoms with E-state index in [-0.39, 0.29) is 5.41 Å². The maximum absolute atomic E-state index is 11.3. The average Bonchev–Trinajstić information content (AvgIpc) is 3.57. The van der Waals surface area contributed by atoms with Gasteiger partial charge in [0.1, 0.15) is 0 Å². The van der Waals surface area contributed by atoms with Gasteiger partial charge in [0.15, 0.2) is 0 Å². The summed E-state index contributed by atoms with van der Waals surface area (Å²) in [6.45, 7) is 4.63. The van der Waals surface area contributed by atoms with E-state index in [0.29, 0.717) is 5.41 Å². The molecule has 2 aliphatic rings. The van der Waals surface area contributed by atoms with Crippen molar-refractivity contribution in [1.29, 1.82) is 0 Å². The first-order valence-electron chi connectivity index (χ1n) is 11.7. The molecule has 0 bridgehead atoms. The van der Waals surface area contributed by atoms with Crippen molar-refractivity contribution >= 4 is 5.97 Å². The molecule has 1 aromatic carbocycles. The Hall–Kier alpha value is -1.31. The second kappa shape index (κ2) is 9.46. The first-order valence-corrected chi connectivity index (χ1v) is 11.7. The second-order valence-corrected chi connectivity index (χ2v) is 10.1. The van der Waals surface area contributed by atoms with E-state index in [1.165, 1.54) is 68.9 Å². The number of hydrogen-bond donors (Lipinski definition) is 1. The molecule has 0 radical (unpaired) electrons. The number of aryl methyl sites for hydroxylation is 3. The summed E-state index contributed by atoms with van der Waals surface area (Å²) in [4.78, 5) is 11.3. The largest absolute Gasteiger partial charge is 0.481 e. The molecule has 0 spiro atoms. The standard InChI is InChI=1S/C26H40O2/c1-21-12-13-22(10-6-3-4-8-14-25(2)16-17-25)23(20-21)11-7-5-9-15-26(18-19-26)24(27)28/h12-13,20H,3-11,14-19H2,1-2H3,(H,27,28). The molecule has 0 saturated heterocycles. The van der Waals surface area contributed by atoms with Gasteiger partial charge in [0, 0.05) is 0 Å². The van der Waals surface area contributed by atoms with Crippen LogP contribution in [0.25, 0.3) is 0 Å². The first kappa shape index (κ1) is 21.4. The van der Waals surface area contributed by atoms with E-state index in [1.807, 2.05) is 0 Å². The number of hydrogen-bond acceptors (Lipinski definition) is 1. The summed E-state index contributed by atoms with van der Waals surface area (Å²) in [5.74, 6) is -0.570. The van der Waals surface area contributed by atoms with Crippen LogP contribution in [0.3, 0.4) is 0 Å². The molecule has 2 saturated carbocycles. The molecule has 0 aliphatic heterocycles. The van der Waals surface area contributed by atoms with Gasteiger partial charge in [-0.25, -0.2) is 0 Å². The zero-order chi connectivity index (χ0) is 20.0. The Morgan fingerprint density at radius 2 is 1.46 bits per heavy atom. The van der Waals surface area contributed by atoms with Crippen LogP contribution < -0.4 is 0 Å². The molecule has 0 amide bonds. The highest BCUT2D eigenvalue weighted by molar-refractivity contribution is 5.77. The molecule has 156 valence electrons. The molecule has 0 heterocycles. The van der Waals surface area contributed by atoms with Crippen molar-refractivity contribution in [2.75, 3.05) is 0 Å². The van der Waals surface area contributed by atoms with E-state index in [1.54, 1.807) is 5.56 Å². The van der Waals surface area contributed by atoms with Crippen molar-refractivity contribution in [1.82, 2.24) is 0 Å². The fourth-order valence-corrected chi connectivity index (χ4v) is 4.59. The van der Waals surface area contributed by atoms with E-state index in [4.69, 9.17) is 0 Å². The Bertz CT molecular complexity index is 652. The fourth-order valence-electron chi connectivity index (χ4n) is 4.59. The van der Waals surface area contributed by atoms with Gasteiger partial charge < -0.3 is 5.11 Å². The maximum Gasteiger partial charge on any atom is 0.309 e. The number of carboxylic acid groups (broad SMARTS) is 1. The molecular formula is C26H40O2. The molecule has 1 N–H and O–H groups in total. The smallest absolute Gasteiger partial charge is 0.309 e. The van der Waals surface area contributed by atoms with Crippen LogP contribution in [0.1, 0.15) is 107 Å². The van der Waals surface area contributed by atoms with Crippen LogP contribution in [-0.4, -0.2) is 11.1 Å². The lowest BCUT2D eigenvalue weighted by Gasteiger charge is -2.12. The minimum Gasteiger partial charge on any atom is -0.481 e. The van der Waals surface area contributed by atoms with Crippen molar-refractivity contribution < 1.29 is 9.90 Å². The number of rotatable bonds is 14. The summed E-state index contributed by atoms with van der Waals surface area (Å²) in [7, 11) is 0. The van der Waals surface area contributed by atoms with Crippen molar-refractivity contribution in [3.63, 3.8) is 0 Å². The van der Waals surface area contributed by atoms with Gasteiger partial charge in [-0.2, -0.15) is 0 Å². The second-order valence-electron chi connectivity index (χ2n) is 10.1. The average molecular weight is 385 g/mol. The predicted octanol–water partition coefficient (Wildman–Crippen LogP) is 7.26. The summed E-state index contributed by atoms with van der Waals surface area (Å²) in [5, 5.41) is 9.28. The summed E-state index contributed by atoms with van der Waals surface area (Å²) >= 11 is 0. The Kier molecular flexibility index (Phi) is 7.23. The van der Waals surface area contributed by atoms with E-state index in [9.17, 15) is 9.90 Å². The molecule has 2 nitrogen and oxygen atoms in total. The van der Waals surface area contributed by atoms with Crippen LogP contribution in [0.4, 0.5) is 0 Å². The number of carboxylic acids is 1. The first-order chi connectivity index (χ1) is 13.4. The topological polar surface area (TPSA) is 37.3 Å². The molecule has 0 atom stereocenters. The normalized spacial score (nSPS) is 18.8. The van der Waals surface area contributed by atoms with Crippen molar-refractivity contribution in [3.05, 3.63) is 34.9 Å². The minimum absolute atomic E-state index is 0.342. The molecule has 0 unspecified atom stereocenters. The van der Waals surface area contributed by atoms with Gasteiger partial charge >= 0.3 is 5.97 Å². The molecule has 1 aromatic rings. The van der Waals surface area contributed by atoms with E-state index in [0.717, 1.165) is 38.5 Å². The SMILES string of the molecule is Cc1ccc(CCCCCCC2(C)CC2)c(CCCCCC2(C(=O)O)CC2)c1. The van der Waals surface area contributed by atoms with Gasteiger partial charge in [-0.05, 0) is 87.7 Å². The van der Waals surface area contributed by atoms with Crippen LogP contribution in [0.15, 0.2) is 18.2 Å². The highest BCUT2D eigenvalue weighted by Crippen LogP contribution is 2.50. The predicted molar refractivity (Wildman–Crippen MR) is 117 cm³/mol. The van der Waals surface area contributed by atoms with Crippen LogP contribution in [0, 0.1) is 17.8 Å². The van der Waals surface area contributed by atoms with E-state index >= 15 is 0 Å². The highest BCUT2D eigenvalue weighted by Gasteiger charge is 2.49. The third-order valence-corrected chi connectivity index (χ3v) is 7.35. The molecule has 3 rings (SSSR count). The van der Waals surface area contributed by atoms with E-state index in [2.05, 4.69) is 32.0 Å². The zero-order valence-electron chi connectivity index (χ0n) is 18.2. The molecule has 0 aromatic heterocycles. The molecule has 2 fully saturated rings. The lowest BCUT2D eigenvalue weighted by molar-refractivity contribution is -0.143. The number of benzene rings is 1. The third kappa shape index (κ3) is 6.36. The fraction of sp³-hybridized carbons (Fsp3) is 0.731. The summed E-state index contributed by atoms with van der Waals surface area (Å²) in [6, 6.07) is 6.99. The van der Waals surface area contributed by atoms with Gasteiger partial charge in [0.25, 0.3) is 0 Å². The lowest BCUT2D eigenvalue weighted by Crippen LogP contribution is -2.14. The van der Waals surface area contributed by atoms with Gasteiger partial charge in [0.05, 0.1) is 5.41 Å². The molecule has 28 heavy (non-hydrogen) atoms. The molecule has 2 aliphatic carbocycles. The summed E-state index contributed by atoms with van der Waals surface area (Å²) in [5.41, 5.74) is 4.81.